The van der Waals surface area contributed by atoms with Gasteiger partial charge in [0.25, 0.3) is 0 Å². The monoisotopic (exact) mass is 183 g/mol. The molecule has 0 aliphatic heterocycles. The van der Waals surface area contributed by atoms with E-state index in [1.165, 1.54) is 12.8 Å². The van der Waals surface area contributed by atoms with E-state index < -0.39 is 0 Å². The summed E-state index contributed by atoms with van der Waals surface area (Å²) in [6.07, 6.45) is 4.20. The second-order valence-electron chi connectivity index (χ2n) is 5.28. The van der Waals surface area contributed by atoms with Crippen LogP contribution < -0.4 is 0 Å². The van der Waals surface area contributed by atoms with E-state index in [4.69, 9.17) is 0 Å². The van der Waals surface area contributed by atoms with Crippen LogP contribution in [0.4, 0.5) is 0 Å². The van der Waals surface area contributed by atoms with Gasteiger partial charge in [0.1, 0.15) is 0 Å². The van der Waals surface area contributed by atoms with Crippen molar-refractivity contribution in [1.29, 1.82) is 0 Å². The molecule has 77 valence electrons. The maximum absolute atomic E-state index is 9.98. The van der Waals surface area contributed by atoms with E-state index >= 15 is 0 Å². The molecule has 1 aliphatic carbocycles. The summed E-state index contributed by atoms with van der Waals surface area (Å²) >= 11 is 0. The van der Waals surface area contributed by atoms with E-state index in [-0.39, 0.29) is 6.10 Å². The number of rotatable bonds is 2. The Morgan fingerprint density at radius 3 is 2.54 bits per heavy atom. The topological polar surface area (TPSA) is 20.2 Å². The van der Waals surface area contributed by atoms with E-state index in [1.807, 2.05) is 0 Å². The van der Waals surface area contributed by atoms with Crippen LogP contribution in [0.25, 0.3) is 0 Å². The van der Waals surface area contributed by atoms with Crippen molar-refractivity contribution in [2.24, 2.45) is 17.3 Å². The fourth-order valence-electron chi connectivity index (χ4n) is 2.47. The second-order valence-corrected chi connectivity index (χ2v) is 5.28. The quantitative estimate of drug-likeness (QED) is 0.697. The third kappa shape index (κ3) is 2.46. The zero-order valence-electron chi connectivity index (χ0n) is 9.21. The lowest BCUT2D eigenvalue weighted by Gasteiger charge is -2.41. The highest BCUT2D eigenvalue weighted by molar-refractivity contribution is 4.88. The molecule has 3 atom stereocenters. The summed E-state index contributed by atoms with van der Waals surface area (Å²) in [5.74, 6) is 1.13. The minimum Gasteiger partial charge on any atom is -0.393 e. The molecule has 1 nitrogen and oxygen atoms in total. The van der Waals surface area contributed by atoms with Crippen molar-refractivity contribution in [2.75, 3.05) is 0 Å². The van der Waals surface area contributed by atoms with Crippen LogP contribution in [0.3, 0.4) is 0 Å². The van der Waals surface area contributed by atoms with Crippen LogP contribution in [0, 0.1) is 24.2 Å². The summed E-state index contributed by atoms with van der Waals surface area (Å²) in [5, 5.41) is 9.98. The van der Waals surface area contributed by atoms with Gasteiger partial charge >= 0.3 is 0 Å². The smallest absolute Gasteiger partial charge is 0.0576 e. The maximum atomic E-state index is 9.98. The summed E-state index contributed by atoms with van der Waals surface area (Å²) in [7, 11) is 0. The SMILES string of the molecule is [CH2]C[C@]1(C)CC[C@@H](C(C)C)[C@H](O)C1. The normalized spacial score (nSPS) is 41.1. The molecule has 0 spiro atoms. The lowest BCUT2D eigenvalue weighted by atomic mass is 9.66. The highest BCUT2D eigenvalue weighted by Crippen LogP contribution is 2.43. The van der Waals surface area contributed by atoms with Gasteiger partial charge in [-0.1, -0.05) is 27.7 Å². The lowest BCUT2D eigenvalue weighted by molar-refractivity contribution is -0.00915. The molecular formula is C12H23O. The van der Waals surface area contributed by atoms with E-state index in [2.05, 4.69) is 27.7 Å². The van der Waals surface area contributed by atoms with Gasteiger partial charge < -0.3 is 5.11 Å². The number of aliphatic hydroxyl groups excluding tert-OH is 1. The van der Waals surface area contributed by atoms with Gasteiger partial charge in [0.2, 0.25) is 0 Å². The number of aliphatic hydroxyl groups is 1. The van der Waals surface area contributed by atoms with Crippen molar-refractivity contribution in [1.82, 2.24) is 0 Å². The molecule has 0 aromatic heterocycles. The first kappa shape index (κ1) is 11.0. The maximum Gasteiger partial charge on any atom is 0.0576 e. The second kappa shape index (κ2) is 4.00. The van der Waals surface area contributed by atoms with Crippen LogP contribution in [-0.2, 0) is 0 Å². The van der Waals surface area contributed by atoms with Crippen LogP contribution in [0.1, 0.15) is 46.5 Å². The zero-order valence-corrected chi connectivity index (χ0v) is 9.21. The van der Waals surface area contributed by atoms with Gasteiger partial charge in [0, 0.05) is 0 Å². The summed E-state index contributed by atoms with van der Waals surface area (Å²) in [6, 6.07) is 0. The molecule has 1 rings (SSSR count). The van der Waals surface area contributed by atoms with Gasteiger partial charge in [-0.2, -0.15) is 0 Å². The van der Waals surface area contributed by atoms with Gasteiger partial charge in [-0.25, -0.2) is 0 Å². The van der Waals surface area contributed by atoms with Gasteiger partial charge in [-0.05, 0) is 42.9 Å². The minimum atomic E-state index is -0.0968. The Labute approximate surface area is 82.5 Å². The Kier molecular flexibility index (Phi) is 3.39. The molecule has 13 heavy (non-hydrogen) atoms. The van der Waals surface area contributed by atoms with Crippen molar-refractivity contribution in [2.45, 2.75) is 52.6 Å². The van der Waals surface area contributed by atoms with Crippen molar-refractivity contribution < 1.29 is 5.11 Å². The molecule has 0 aromatic carbocycles. The third-order valence-electron chi connectivity index (χ3n) is 3.74. The van der Waals surface area contributed by atoms with E-state index in [1.54, 1.807) is 0 Å². The molecule has 1 saturated carbocycles. The first-order valence-electron chi connectivity index (χ1n) is 5.46. The molecule has 0 bridgehead atoms. The lowest BCUT2D eigenvalue weighted by Crippen LogP contribution is -2.37. The van der Waals surface area contributed by atoms with Crippen LogP contribution in [0.15, 0.2) is 0 Å². The third-order valence-corrected chi connectivity index (χ3v) is 3.74. The van der Waals surface area contributed by atoms with Crippen LogP contribution in [0.5, 0.6) is 0 Å². The molecule has 1 fully saturated rings. The molecule has 0 saturated heterocycles. The zero-order chi connectivity index (χ0) is 10.1. The average molecular weight is 183 g/mol. The molecule has 1 aliphatic rings. The van der Waals surface area contributed by atoms with Gasteiger partial charge in [-0.3, -0.25) is 0 Å². The van der Waals surface area contributed by atoms with Gasteiger partial charge in [-0.15, -0.1) is 0 Å². The average Bonchev–Trinajstić information content (AvgIpc) is 2.03. The Morgan fingerprint density at radius 1 is 1.54 bits per heavy atom. The van der Waals surface area contributed by atoms with E-state index in [0.29, 0.717) is 17.3 Å². The summed E-state index contributed by atoms with van der Waals surface area (Å²) < 4.78 is 0. The Hall–Kier alpha value is -0.0400. The van der Waals surface area contributed by atoms with Crippen molar-refractivity contribution in [3.05, 3.63) is 6.92 Å². The predicted octanol–water partition coefficient (Wildman–Crippen LogP) is 3.03. The molecule has 1 N–H and O–H groups in total. The van der Waals surface area contributed by atoms with Gasteiger partial charge in [0.15, 0.2) is 0 Å². The molecule has 0 amide bonds. The predicted molar refractivity (Wildman–Crippen MR) is 56.3 cm³/mol. The number of hydrogen-bond acceptors (Lipinski definition) is 1. The van der Waals surface area contributed by atoms with E-state index in [9.17, 15) is 5.11 Å². The Bertz CT molecular complexity index is 165. The molecule has 1 heteroatoms. The first-order valence-corrected chi connectivity index (χ1v) is 5.46. The molecule has 1 radical (unpaired) electrons. The molecule has 0 aromatic rings. The van der Waals surface area contributed by atoms with Crippen LogP contribution >= 0.6 is 0 Å². The highest BCUT2D eigenvalue weighted by Gasteiger charge is 2.36. The van der Waals surface area contributed by atoms with Crippen molar-refractivity contribution >= 4 is 0 Å². The van der Waals surface area contributed by atoms with Crippen LogP contribution in [-0.4, -0.2) is 11.2 Å². The van der Waals surface area contributed by atoms with Gasteiger partial charge in [0.05, 0.1) is 6.10 Å². The van der Waals surface area contributed by atoms with Crippen molar-refractivity contribution in [3.63, 3.8) is 0 Å². The highest BCUT2D eigenvalue weighted by atomic mass is 16.3. The Balaban J connectivity index is 2.56. The molecular weight excluding hydrogens is 160 g/mol. The summed E-state index contributed by atoms with van der Waals surface area (Å²) in [4.78, 5) is 0. The molecule has 0 unspecified atom stereocenters. The Morgan fingerprint density at radius 2 is 2.15 bits per heavy atom. The van der Waals surface area contributed by atoms with Crippen LogP contribution in [0.2, 0.25) is 0 Å². The molecule has 0 heterocycles. The largest absolute Gasteiger partial charge is 0.393 e. The summed E-state index contributed by atoms with van der Waals surface area (Å²) in [5.41, 5.74) is 0.296. The fraction of sp³-hybridized carbons (Fsp3) is 0.917. The first-order chi connectivity index (χ1) is 5.98. The standard InChI is InChI=1S/C12H23O/c1-5-12(4)7-6-10(9(2)3)11(13)8-12/h9-11,13H,1,5-8H2,2-4H3/t10-,11+,12+/m0/s1. The summed E-state index contributed by atoms with van der Waals surface area (Å²) in [6.45, 7) is 10.6. The van der Waals surface area contributed by atoms with Crippen molar-refractivity contribution in [3.8, 4) is 0 Å². The minimum absolute atomic E-state index is 0.0968. The van der Waals surface area contributed by atoms with E-state index in [0.717, 1.165) is 12.8 Å². The fourth-order valence-corrected chi connectivity index (χ4v) is 2.47. The number of hydrogen-bond donors (Lipinski definition) is 1.